The molecule has 3 aromatic rings. The lowest BCUT2D eigenvalue weighted by atomic mass is 10.2. The van der Waals surface area contributed by atoms with Crippen molar-refractivity contribution in [1.29, 1.82) is 0 Å². The average Bonchev–Trinajstić information content (AvgIpc) is 3.28. The second kappa shape index (κ2) is 8.01. The summed E-state index contributed by atoms with van der Waals surface area (Å²) in [6.45, 7) is 3.23. The summed E-state index contributed by atoms with van der Waals surface area (Å²) in [7, 11) is 0. The van der Waals surface area contributed by atoms with Gasteiger partial charge in [0, 0.05) is 31.7 Å². The van der Waals surface area contributed by atoms with Crippen LogP contribution in [-0.2, 0) is 16.1 Å². The summed E-state index contributed by atoms with van der Waals surface area (Å²) < 4.78 is 12.5. The fourth-order valence-corrected chi connectivity index (χ4v) is 2.88. The highest BCUT2D eigenvalue weighted by Crippen LogP contribution is 2.15. The number of benzene rings is 1. The number of ether oxygens (including phenoxy) is 2. The molecule has 138 valence electrons. The fraction of sp³-hybridized carbons (Fsp3) is 0.250. The van der Waals surface area contributed by atoms with E-state index in [0.717, 1.165) is 30.2 Å². The van der Waals surface area contributed by atoms with Crippen LogP contribution in [-0.4, -0.2) is 47.0 Å². The second-order valence-corrected chi connectivity index (χ2v) is 6.20. The molecule has 0 aliphatic carbocycles. The third-order valence-electron chi connectivity index (χ3n) is 4.39. The van der Waals surface area contributed by atoms with Crippen molar-refractivity contribution in [3.05, 3.63) is 72.2 Å². The molecule has 1 aromatic carbocycles. The molecular formula is C20H20N4O3. The molecule has 3 heterocycles. The van der Waals surface area contributed by atoms with Gasteiger partial charge in [-0.3, -0.25) is 0 Å². The van der Waals surface area contributed by atoms with Crippen LogP contribution in [0.3, 0.4) is 0 Å². The van der Waals surface area contributed by atoms with Crippen LogP contribution < -0.4 is 4.90 Å². The van der Waals surface area contributed by atoms with Crippen molar-refractivity contribution in [2.24, 2.45) is 0 Å². The molecule has 4 rings (SSSR count). The Bertz CT molecular complexity index is 871. The molecule has 27 heavy (non-hydrogen) atoms. The normalized spacial score (nSPS) is 14.1. The Kier molecular flexibility index (Phi) is 5.11. The maximum Gasteiger partial charge on any atom is 0.340 e. The van der Waals surface area contributed by atoms with E-state index in [1.54, 1.807) is 23.1 Å². The van der Waals surface area contributed by atoms with Gasteiger partial charge in [-0.05, 0) is 35.9 Å². The monoisotopic (exact) mass is 364 g/mol. The van der Waals surface area contributed by atoms with Gasteiger partial charge < -0.3 is 14.4 Å². The number of carbonyl (C=O) groups excluding carboxylic acids is 1. The molecule has 0 unspecified atom stereocenters. The van der Waals surface area contributed by atoms with Crippen molar-refractivity contribution in [3.63, 3.8) is 0 Å². The third kappa shape index (κ3) is 4.15. The van der Waals surface area contributed by atoms with Crippen LogP contribution in [0.15, 0.2) is 61.1 Å². The molecule has 1 aliphatic heterocycles. The molecule has 2 aromatic heterocycles. The Morgan fingerprint density at radius 1 is 1.11 bits per heavy atom. The van der Waals surface area contributed by atoms with Gasteiger partial charge in [-0.25, -0.2) is 14.5 Å². The number of esters is 1. The molecule has 1 saturated heterocycles. The minimum atomic E-state index is -0.382. The highest BCUT2D eigenvalue weighted by atomic mass is 16.5. The molecule has 7 nitrogen and oxygen atoms in total. The first-order valence-corrected chi connectivity index (χ1v) is 8.84. The fourth-order valence-electron chi connectivity index (χ4n) is 2.88. The van der Waals surface area contributed by atoms with Crippen LogP contribution in [0.2, 0.25) is 0 Å². The molecule has 0 spiro atoms. The number of pyridine rings is 1. The van der Waals surface area contributed by atoms with E-state index in [2.05, 4.69) is 15.0 Å². The van der Waals surface area contributed by atoms with Crippen LogP contribution in [0.1, 0.15) is 15.9 Å². The Balaban J connectivity index is 1.33. The molecule has 1 fully saturated rings. The summed E-state index contributed by atoms with van der Waals surface area (Å²) in [5, 5.41) is 4.18. The van der Waals surface area contributed by atoms with Crippen molar-refractivity contribution < 1.29 is 14.3 Å². The molecule has 0 radical (unpaired) electrons. The number of carbonyl (C=O) groups is 1. The molecular weight excluding hydrogens is 344 g/mol. The van der Waals surface area contributed by atoms with Gasteiger partial charge in [0.1, 0.15) is 12.4 Å². The van der Waals surface area contributed by atoms with E-state index in [4.69, 9.17) is 9.47 Å². The zero-order chi connectivity index (χ0) is 18.5. The van der Waals surface area contributed by atoms with Gasteiger partial charge in [-0.1, -0.05) is 12.1 Å². The van der Waals surface area contributed by atoms with E-state index in [-0.39, 0.29) is 12.6 Å². The Morgan fingerprint density at radius 2 is 1.93 bits per heavy atom. The number of anilines is 1. The molecule has 0 saturated carbocycles. The molecule has 0 N–H and O–H groups in total. The highest BCUT2D eigenvalue weighted by molar-refractivity contribution is 5.89. The number of morpholine rings is 1. The lowest BCUT2D eigenvalue weighted by Gasteiger charge is -2.27. The lowest BCUT2D eigenvalue weighted by Crippen LogP contribution is -2.36. The smallest absolute Gasteiger partial charge is 0.340 e. The van der Waals surface area contributed by atoms with Crippen molar-refractivity contribution >= 4 is 11.8 Å². The minimum absolute atomic E-state index is 0.212. The zero-order valence-corrected chi connectivity index (χ0v) is 14.8. The average molecular weight is 364 g/mol. The Labute approximate surface area is 157 Å². The largest absolute Gasteiger partial charge is 0.457 e. The van der Waals surface area contributed by atoms with Crippen molar-refractivity contribution in [1.82, 2.24) is 14.8 Å². The van der Waals surface area contributed by atoms with E-state index < -0.39 is 0 Å². The number of nitrogens with zero attached hydrogens (tertiary/aromatic N) is 4. The predicted molar refractivity (Wildman–Crippen MR) is 100.0 cm³/mol. The first-order chi connectivity index (χ1) is 13.3. The molecule has 0 atom stereocenters. The zero-order valence-electron chi connectivity index (χ0n) is 14.8. The number of hydrogen-bond acceptors (Lipinski definition) is 6. The van der Waals surface area contributed by atoms with Gasteiger partial charge in [0.25, 0.3) is 0 Å². The van der Waals surface area contributed by atoms with Crippen LogP contribution in [0.4, 0.5) is 5.82 Å². The van der Waals surface area contributed by atoms with E-state index in [1.165, 1.54) is 0 Å². The summed E-state index contributed by atoms with van der Waals surface area (Å²) in [6, 6.07) is 13.2. The highest BCUT2D eigenvalue weighted by Gasteiger charge is 2.14. The summed E-state index contributed by atoms with van der Waals surface area (Å²) in [4.78, 5) is 18.8. The maximum atomic E-state index is 12.2. The summed E-state index contributed by atoms with van der Waals surface area (Å²) in [5.41, 5.74) is 2.32. The van der Waals surface area contributed by atoms with Gasteiger partial charge >= 0.3 is 5.97 Å². The van der Waals surface area contributed by atoms with Crippen LogP contribution in [0.5, 0.6) is 0 Å². The molecule has 7 heteroatoms. The Hall–Kier alpha value is -3.19. The van der Waals surface area contributed by atoms with Gasteiger partial charge in [0.2, 0.25) is 0 Å². The van der Waals surface area contributed by atoms with Crippen LogP contribution >= 0.6 is 0 Å². The maximum absolute atomic E-state index is 12.2. The number of rotatable bonds is 5. The molecule has 0 amide bonds. The van der Waals surface area contributed by atoms with E-state index in [1.807, 2.05) is 42.6 Å². The first kappa shape index (κ1) is 17.2. The van der Waals surface area contributed by atoms with E-state index in [0.29, 0.717) is 18.8 Å². The van der Waals surface area contributed by atoms with Gasteiger partial charge in [0.05, 0.1) is 24.5 Å². The van der Waals surface area contributed by atoms with Gasteiger partial charge in [0.15, 0.2) is 0 Å². The minimum Gasteiger partial charge on any atom is -0.457 e. The first-order valence-electron chi connectivity index (χ1n) is 8.84. The van der Waals surface area contributed by atoms with Crippen LogP contribution in [0, 0.1) is 0 Å². The Morgan fingerprint density at radius 3 is 2.59 bits per heavy atom. The van der Waals surface area contributed by atoms with Gasteiger partial charge in [-0.15, -0.1) is 0 Å². The number of hydrogen-bond donors (Lipinski definition) is 0. The van der Waals surface area contributed by atoms with Crippen molar-refractivity contribution in [3.8, 4) is 5.69 Å². The second-order valence-electron chi connectivity index (χ2n) is 6.20. The molecule has 0 bridgehead atoms. The predicted octanol–water partition coefficient (Wildman–Crippen LogP) is 2.46. The molecule has 1 aliphatic rings. The third-order valence-corrected chi connectivity index (χ3v) is 4.39. The topological polar surface area (TPSA) is 69.5 Å². The number of aromatic nitrogens is 3. The van der Waals surface area contributed by atoms with E-state index in [9.17, 15) is 4.79 Å². The quantitative estimate of drug-likeness (QED) is 0.648. The van der Waals surface area contributed by atoms with E-state index >= 15 is 0 Å². The van der Waals surface area contributed by atoms with Gasteiger partial charge in [-0.2, -0.15) is 5.10 Å². The standard InChI is InChI=1S/C20H20N4O3/c25-20(17-4-7-19(21-14-17)23-10-12-26-13-11-23)27-15-16-2-5-18(6-3-16)24-9-1-8-22-24/h1-9,14H,10-13,15H2. The summed E-state index contributed by atoms with van der Waals surface area (Å²) in [6.07, 6.45) is 5.17. The summed E-state index contributed by atoms with van der Waals surface area (Å²) in [5.74, 6) is 0.469. The van der Waals surface area contributed by atoms with Crippen LogP contribution in [0.25, 0.3) is 5.69 Å². The lowest BCUT2D eigenvalue weighted by molar-refractivity contribution is 0.0472. The SMILES string of the molecule is O=C(OCc1ccc(-n2cccn2)cc1)c1ccc(N2CCOCC2)nc1. The summed E-state index contributed by atoms with van der Waals surface area (Å²) >= 11 is 0. The van der Waals surface area contributed by atoms with Crippen molar-refractivity contribution in [2.75, 3.05) is 31.2 Å². The van der Waals surface area contributed by atoms with Crippen molar-refractivity contribution in [2.45, 2.75) is 6.61 Å².